The lowest BCUT2D eigenvalue weighted by atomic mass is 9.93. The Balaban J connectivity index is 1.25. The largest absolute Gasteiger partial charge is 0.460 e. The minimum Gasteiger partial charge on any atom is -0.460 e. The molecule has 164 valence electrons. The van der Waals surface area contributed by atoms with E-state index in [2.05, 4.69) is 30.3 Å². The molecule has 0 bridgehead atoms. The highest BCUT2D eigenvalue weighted by molar-refractivity contribution is 5.52. The Morgan fingerprint density at radius 3 is 2.48 bits per heavy atom. The molecule has 0 amide bonds. The number of rotatable bonds is 5. The van der Waals surface area contributed by atoms with Crippen LogP contribution in [0.2, 0.25) is 0 Å². The van der Waals surface area contributed by atoms with Gasteiger partial charge in [0.1, 0.15) is 18.2 Å². The molecule has 3 aromatic rings. The average Bonchev–Trinajstić information content (AvgIpc) is 3.24. The molecule has 1 aliphatic carbocycles. The first-order valence-corrected chi connectivity index (χ1v) is 10.9. The molecule has 0 radical (unpaired) electrons. The van der Waals surface area contributed by atoms with E-state index in [9.17, 15) is 0 Å². The number of anilines is 2. The summed E-state index contributed by atoms with van der Waals surface area (Å²) in [5.74, 6) is 1.58. The van der Waals surface area contributed by atoms with Gasteiger partial charge in [0.05, 0.1) is 13.2 Å². The van der Waals surface area contributed by atoms with Crippen LogP contribution in [0.4, 0.5) is 11.8 Å². The van der Waals surface area contributed by atoms with Gasteiger partial charge in [-0.1, -0.05) is 0 Å². The van der Waals surface area contributed by atoms with Gasteiger partial charge in [-0.2, -0.15) is 14.6 Å². The van der Waals surface area contributed by atoms with Crippen molar-refractivity contribution < 1.29 is 9.47 Å². The van der Waals surface area contributed by atoms with Gasteiger partial charge in [0.2, 0.25) is 5.95 Å². The number of ether oxygens (including phenoxy) is 2. The summed E-state index contributed by atoms with van der Waals surface area (Å²) in [5, 5.41) is 7.79. The fourth-order valence-electron chi connectivity index (χ4n) is 4.27. The highest BCUT2D eigenvalue weighted by atomic mass is 16.5. The zero-order chi connectivity index (χ0) is 21.2. The molecule has 10 nitrogen and oxygen atoms in total. The topological polar surface area (TPSA) is 103 Å². The first-order valence-electron chi connectivity index (χ1n) is 10.9. The number of nitrogens with one attached hydrogen (secondary N) is 1. The maximum Gasteiger partial charge on any atom is 0.321 e. The fraction of sp³-hybridized carbons (Fsp3) is 0.571. The molecule has 1 saturated carbocycles. The molecule has 2 aliphatic rings. The van der Waals surface area contributed by atoms with E-state index in [-0.39, 0.29) is 6.10 Å². The molecule has 10 heteroatoms. The van der Waals surface area contributed by atoms with Gasteiger partial charge in [0.15, 0.2) is 5.65 Å². The summed E-state index contributed by atoms with van der Waals surface area (Å²) in [6.07, 6.45) is 5.48. The molecule has 31 heavy (non-hydrogen) atoms. The first-order chi connectivity index (χ1) is 15.1. The molecule has 4 heterocycles. The van der Waals surface area contributed by atoms with Crippen LogP contribution in [0, 0.1) is 13.8 Å². The summed E-state index contributed by atoms with van der Waals surface area (Å²) >= 11 is 0. The van der Waals surface area contributed by atoms with Gasteiger partial charge in [-0.3, -0.25) is 0 Å². The van der Waals surface area contributed by atoms with Crippen LogP contribution in [0.25, 0.3) is 5.65 Å². The monoisotopic (exact) mass is 424 g/mol. The molecule has 0 spiro atoms. The Morgan fingerprint density at radius 1 is 1.00 bits per heavy atom. The number of hydrogen-bond donors (Lipinski definition) is 1. The number of nitrogens with zero attached hydrogens (tertiary/aromatic N) is 7. The zero-order valence-electron chi connectivity index (χ0n) is 18.0. The van der Waals surface area contributed by atoms with Crippen molar-refractivity contribution in [3.8, 4) is 6.01 Å². The molecular formula is C21H28N8O2. The van der Waals surface area contributed by atoms with Gasteiger partial charge in [0.25, 0.3) is 0 Å². The Kier molecular flexibility index (Phi) is 5.54. The lowest BCUT2D eigenvalue weighted by molar-refractivity contribution is 0.121. The van der Waals surface area contributed by atoms with E-state index < -0.39 is 0 Å². The van der Waals surface area contributed by atoms with Crippen molar-refractivity contribution in [2.75, 3.05) is 36.5 Å². The van der Waals surface area contributed by atoms with E-state index >= 15 is 0 Å². The van der Waals surface area contributed by atoms with E-state index in [0.29, 0.717) is 31.2 Å². The Morgan fingerprint density at radius 2 is 1.74 bits per heavy atom. The van der Waals surface area contributed by atoms with Gasteiger partial charge in [-0.25, -0.2) is 15.0 Å². The molecule has 2 fully saturated rings. The third kappa shape index (κ3) is 4.53. The smallest absolute Gasteiger partial charge is 0.321 e. The van der Waals surface area contributed by atoms with Gasteiger partial charge in [-0.15, -0.1) is 0 Å². The molecule has 0 aromatic carbocycles. The van der Waals surface area contributed by atoms with Crippen LogP contribution in [-0.4, -0.2) is 68.0 Å². The van der Waals surface area contributed by atoms with E-state index in [1.54, 1.807) is 4.52 Å². The second kappa shape index (κ2) is 8.62. The number of aryl methyl sites for hydroxylation is 2. The second-order valence-electron chi connectivity index (χ2n) is 8.24. The SMILES string of the molecule is Cc1cc(C)nc(NC2CCC(Oc3nc(N4CCOCC4)cc4ncnn34)CC2)n1. The van der Waals surface area contributed by atoms with Crippen LogP contribution >= 0.6 is 0 Å². The molecule has 1 N–H and O–H groups in total. The molecule has 3 aromatic heterocycles. The van der Waals surface area contributed by atoms with Crippen LogP contribution in [0.1, 0.15) is 37.1 Å². The highest BCUT2D eigenvalue weighted by Crippen LogP contribution is 2.26. The van der Waals surface area contributed by atoms with Crippen LogP contribution in [0.3, 0.4) is 0 Å². The van der Waals surface area contributed by atoms with Crippen LogP contribution in [0.15, 0.2) is 18.5 Å². The van der Waals surface area contributed by atoms with Crippen molar-refractivity contribution in [3.63, 3.8) is 0 Å². The summed E-state index contributed by atoms with van der Waals surface area (Å²) < 4.78 is 13.5. The summed E-state index contributed by atoms with van der Waals surface area (Å²) in [6, 6.07) is 4.79. The highest BCUT2D eigenvalue weighted by Gasteiger charge is 2.25. The minimum atomic E-state index is 0.0954. The van der Waals surface area contributed by atoms with Gasteiger partial charge in [-0.05, 0) is 45.6 Å². The van der Waals surface area contributed by atoms with E-state index in [0.717, 1.165) is 61.6 Å². The zero-order valence-corrected chi connectivity index (χ0v) is 18.0. The van der Waals surface area contributed by atoms with Crippen molar-refractivity contribution in [2.45, 2.75) is 51.7 Å². The van der Waals surface area contributed by atoms with Gasteiger partial charge < -0.3 is 19.7 Å². The Hall–Kier alpha value is -3.01. The van der Waals surface area contributed by atoms with E-state index in [1.165, 1.54) is 6.33 Å². The average molecular weight is 425 g/mol. The van der Waals surface area contributed by atoms with E-state index in [1.807, 2.05) is 26.0 Å². The molecule has 5 rings (SSSR count). The quantitative estimate of drug-likeness (QED) is 0.660. The van der Waals surface area contributed by atoms with Crippen molar-refractivity contribution in [1.29, 1.82) is 0 Å². The van der Waals surface area contributed by atoms with Crippen molar-refractivity contribution >= 4 is 17.4 Å². The molecular weight excluding hydrogens is 396 g/mol. The van der Waals surface area contributed by atoms with Crippen LogP contribution < -0.4 is 15.0 Å². The predicted molar refractivity (Wildman–Crippen MR) is 116 cm³/mol. The number of hydrogen-bond acceptors (Lipinski definition) is 9. The van der Waals surface area contributed by atoms with Crippen molar-refractivity contribution in [2.24, 2.45) is 0 Å². The first kappa shape index (κ1) is 19.9. The second-order valence-corrected chi connectivity index (χ2v) is 8.24. The third-order valence-electron chi connectivity index (χ3n) is 5.82. The van der Waals surface area contributed by atoms with Crippen molar-refractivity contribution in [1.82, 2.24) is 29.5 Å². The summed E-state index contributed by atoms with van der Waals surface area (Å²) in [6.45, 7) is 7.02. The molecule has 0 unspecified atom stereocenters. The van der Waals surface area contributed by atoms with Gasteiger partial charge in [0, 0.05) is 36.6 Å². The van der Waals surface area contributed by atoms with Gasteiger partial charge >= 0.3 is 6.01 Å². The summed E-state index contributed by atoms with van der Waals surface area (Å²) in [4.78, 5) is 20.3. The molecule has 1 aliphatic heterocycles. The minimum absolute atomic E-state index is 0.0954. The molecule has 0 atom stereocenters. The summed E-state index contributed by atoms with van der Waals surface area (Å²) in [5.41, 5.74) is 2.71. The lowest BCUT2D eigenvalue weighted by Gasteiger charge is -2.30. The van der Waals surface area contributed by atoms with Crippen LogP contribution in [-0.2, 0) is 4.74 Å². The van der Waals surface area contributed by atoms with E-state index in [4.69, 9.17) is 14.5 Å². The summed E-state index contributed by atoms with van der Waals surface area (Å²) in [7, 11) is 0. The number of fused-ring (bicyclic) bond motifs is 1. The predicted octanol–water partition coefficient (Wildman–Crippen LogP) is 2.17. The maximum atomic E-state index is 6.33. The Bertz CT molecular complexity index is 1020. The van der Waals surface area contributed by atoms with Crippen LogP contribution in [0.5, 0.6) is 6.01 Å². The standard InChI is InChI=1S/C21H28N8O2/c1-14-11-15(2)25-20(24-14)26-16-3-5-17(6-4-16)31-21-27-19(28-7-9-30-10-8-28)12-18-22-13-23-29(18)21/h11-13,16-17H,3-10H2,1-2H3,(H,24,25,26). The third-order valence-corrected chi connectivity index (χ3v) is 5.82. The Labute approximate surface area is 181 Å². The van der Waals surface area contributed by atoms with Crippen molar-refractivity contribution in [3.05, 3.63) is 29.8 Å². The maximum absolute atomic E-state index is 6.33. The number of morpholine rings is 1. The number of aromatic nitrogens is 6. The molecule has 1 saturated heterocycles. The lowest BCUT2D eigenvalue weighted by Crippen LogP contribution is -2.37. The fourth-order valence-corrected chi connectivity index (χ4v) is 4.27. The normalized spacial score (nSPS) is 21.9.